The van der Waals surface area contributed by atoms with E-state index >= 15 is 0 Å². The zero-order chi connectivity index (χ0) is 14.5. The molecule has 0 aromatic carbocycles. The van der Waals surface area contributed by atoms with Crippen molar-refractivity contribution in [3.63, 3.8) is 0 Å². The predicted octanol–water partition coefficient (Wildman–Crippen LogP) is 0.912. The van der Waals surface area contributed by atoms with Gasteiger partial charge in [-0.05, 0) is 25.7 Å². The van der Waals surface area contributed by atoms with Gasteiger partial charge in [-0.25, -0.2) is 0 Å². The van der Waals surface area contributed by atoms with Crippen molar-refractivity contribution >= 4 is 11.8 Å². The highest BCUT2D eigenvalue weighted by atomic mass is 16.3. The Balaban J connectivity index is 1.71. The molecule has 114 valence electrons. The van der Waals surface area contributed by atoms with E-state index in [4.69, 9.17) is 0 Å². The van der Waals surface area contributed by atoms with Gasteiger partial charge in [0.1, 0.15) is 0 Å². The fourth-order valence-corrected chi connectivity index (χ4v) is 3.26. The molecule has 1 aliphatic carbocycles. The first kappa shape index (κ1) is 15.3. The van der Waals surface area contributed by atoms with Gasteiger partial charge in [-0.2, -0.15) is 0 Å². The fraction of sp³-hybridized carbons (Fsp3) is 0.867. The van der Waals surface area contributed by atoms with Crippen LogP contribution in [0, 0.1) is 11.8 Å². The van der Waals surface area contributed by atoms with Crippen molar-refractivity contribution in [2.75, 3.05) is 19.6 Å². The summed E-state index contributed by atoms with van der Waals surface area (Å²) in [6.45, 7) is 3.52. The lowest BCUT2D eigenvalue weighted by Crippen LogP contribution is -2.44. The van der Waals surface area contributed by atoms with Crippen LogP contribution in [0.5, 0.6) is 0 Å². The number of amides is 2. The van der Waals surface area contributed by atoms with Gasteiger partial charge >= 0.3 is 0 Å². The molecule has 2 unspecified atom stereocenters. The van der Waals surface area contributed by atoms with E-state index in [1.165, 1.54) is 0 Å². The van der Waals surface area contributed by atoms with Gasteiger partial charge in [0.2, 0.25) is 11.8 Å². The molecule has 1 saturated heterocycles. The van der Waals surface area contributed by atoms with E-state index in [0.29, 0.717) is 19.6 Å². The van der Waals surface area contributed by atoms with Gasteiger partial charge in [0.15, 0.2) is 0 Å². The quantitative estimate of drug-likeness (QED) is 0.808. The van der Waals surface area contributed by atoms with Gasteiger partial charge in [0, 0.05) is 38.4 Å². The van der Waals surface area contributed by atoms with Gasteiger partial charge in [0.05, 0.1) is 6.10 Å². The zero-order valence-electron chi connectivity index (χ0n) is 12.3. The number of hydrogen-bond acceptors (Lipinski definition) is 3. The first-order valence-corrected chi connectivity index (χ1v) is 7.79. The third-order valence-corrected chi connectivity index (χ3v) is 4.72. The van der Waals surface area contributed by atoms with Crippen molar-refractivity contribution in [2.45, 2.75) is 51.6 Å². The molecule has 20 heavy (non-hydrogen) atoms. The minimum atomic E-state index is -0.261. The number of rotatable bonds is 3. The van der Waals surface area contributed by atoms with E-state index in [2.05, 4.69) is 5.32 Å². The third-order valence-electron chi connectivity index (χ3n) is 4.72. The lowest BCUT2D eigenvalue weighted by atomic mass is 9.86. The Labute approximate surface area is 120 Å². The molecule has 2 amide bonds. The molecule has 5 heteroatoms. The summed E-state index contributed by atoms with van der Waals surface area (Å²) in [5, 5.41) is 12.9. The van der Waals surface area contributed by atoms with E-state index in [0.717, 1.165) is 38.5 Å². The average molecular weight is 282 g/mol. The molecular formula is C15H26N2O3. The van der Waals surface area contributed by atoms with Crippen LogP contribution in [0.25, 0.3) is 0 Å². The van der Waals surface area contributed by atoms with Crippen molar-refractivity contribution in [3.05, 3.63) is 0 Å². The number of aliphatic hydroxyl groups is 1. The molecular weight excluding hydrogens is 256 g/mol. The highest BCUT2D eigenvalue weighted by Crippen LogP contribution is 2.24. The molecule has 1 heterocycles. The summed E-state index contributed by atoms with van der Waals surface area (Å²) in [6, 6.07) is 0. The van der Waals surface area contributed by atoms with E-state index in [1.807, 2.05) is 0 Å². The monoisotopic (exact) mass is 282 g/mol. The number of nitrogens with zero attached hydrogens (tertiary/aromatic N) is 1. The summed E-state index contributed by atoms with van der Waals surface area (Å²) in [4.78, 5) is 25.2. The molecule has 1 aliphatic heterocycles. The molecule has 2 atom stereocenters. The van der Waals surface area contributed by atoms with Crippen molar-refractivity contribution in [2.24, 2.45) is 11.8 Å². The van der Waals surface area contributed by atoms with Gasteiger partial charge < -0.3 is 15.3 Å². The minimum absolute atomic E-state index is 0.0198. The molecule has 0 aromatic heterocycles. The zero-order valence-corrected chi connectivity index (χ0v) is 12.3. The van der Waals surface area contributed by atoms with Crippen LogP contribution in [0.2, 0.25) is 0 Å². The van der Waals surface area contributed by atoms with E-state index in [1.54, 1.807) is 11.8 Å². The Morgan fingerprint density at radius 3 is 2.40 bits per heavy atom. The van der Waals surface area contributed by atoms with Crippen LogP contribution in [0.15, 0.2) is 0 Å². The SMILES string of the molecule is CC(=O)N1CCC(C(=O)NCC2CCCCC2O)CC1. The smallest absolute Gasteiger partial charge is 0.223 e. The van der Waals surface area contributed by atoms with Gasteiger partial charge in [-0.1, -0.05) is 12.8 Å². The van der Waals surface area contributed by atoms with Gasteiger partial charge in [-0.15, -0.1) is 0 Å². The molecule has 2 aliphatic rings. The fourth-order valence-electron chi connectivity index (χ4n) is 3.26. The summed E-state index contributed by atoms with van der Waals surface area (Å²) in [7, 11) is 0. The number of likely N-dealkylation sites (tertiary alicyclic amines) is 1. The minimum Gasteiger partial charge on any atom is -0.393 e. The highest BCUT2D eigenvalue weighted by molar-refractivity contribution is 5.79. The molecule has 5 nitrogen and oxygen atoms in total. The molecule has 2 rings (SSSR count). The maximum Gasteiger partial charge on any atom is 0.223 e. The van der Waals surface area contributed by atoms with Gasteiger partial charge in [-0.3, -0.25) is 9.59 Å². The first-order chi connectivity index (χ1) is 9.58. The first-order valence-electron chi connectivity index (χ1n) is 7.79. The van der Waals surface area contributed by atoms with E-state index < -0.39 is 0 Å². The topological polar surface area (TPSA) is 69.6 Å². The van der Waals surface area contributed by atoms with E-state index in [9.17, 15) is 14.7 Å². The van der Waals surface area contributed by atoms with Crippen LogP contribution in [0.4, 0.5) is 0 Å². The molecule has 2 N–H and O–H groups in total. The summed E-state index contributed by atoms with van der Waals surface area (Å²) < 4.78 is 0. The van der Waals surface area contributed by atoms with Crippen molar-refractivity contribution in [3.8, 4) is 0 Å². The van der Waals surface area contributed by atoms with Crippen molar-refractivity contribution < 1.29 is 14.7 Å². The normalized spacial score (nSPS) is 28.2. The second-order valence-corrected chi connectivity index (χ2v) is 6.14. The summed E-state index contributed by atoms with van der Waals surface area (Å²) in [5.41, 5.74) is 0. The van der Waals surface area contributed by atoms with Crippen LogP contribution < -0.4 is 5.32 Å². The Hall–Kier alpha value is -1.10. The number of carbonyl (C=O) groups excluding carboxylic acids is 2. The summed E-state index contributed by atoms with van der Waals surface area (Å²) in [5.74, 6) is 0.413. The number of carbonyl (C=O) groups is 2. The molecule has 0 aromatic rings. The molecule has 2 fully saturated rings. The van der Waals surface area contributed by atoms with Crippen LogP contribution >= 0.6 is 0 Å². The van der Waals surface area contributed by atoms with Crippen molar-refractivity contribution in [1.82, 2.24) is 10.2 Å². The predicted molar refractivity (Wildman–Crippen MR) is 76.0 cm³/mol. The lowest BCUT2D eigenvalue weighted by Gasteiger charge is -2.32. The number of aliphatic hydroxyl groups excluding tert-OH is 1. The second kappa shape index (κ2) is 7.07. The highest BCUT2D eigenvalue weighted by Gasteiger charge is 2.28. The van der Waals surface area contributed by atoms with Crippen LogP contribution in [-0.2, 0) is 9.59 Å². The second-order valence-electron chi connectivity index (χ2n) is 6.14. The largest absolute Gasteiger partial charge is 0.393 e. The van der Waals surface area contributed by atoms with E-state index in [-0.39, 0.29) is 29.8 Å². The van der Waals surface area contributed by atoms with Crippen LogP contribution in [-0.4, -0.2) is 47.6 Å². The Bertz CT molecular complexity index is 351. The Kier molecular flexibility index (Phi) is 5.40. The number of nitrogens with one attached hydrogen (secondary N) is 1. The maximum absolute atomic E-state index is 12.1. The van der Waals surface area contributed by atoms with Gasteiger partial charge in [0.25, 0.3) is 0 Å². The molecule has 0 radical (unpaired) electrons. The summed E-state index contributed by atoms with van der Waals surface area (Å²) >= 11 is 0. The summed E-state index contributed by atoms with van der Waals surface area (Å²) in [6.07, 6.45) is 5.34. The van der Waals surface area contributed by atoms with Crippen molar-refractivity contribution in [1.29, 1.82) is 0 Å². The van der Waals surface area contributed by atoms with Crippen LogP contribution in [0.3, 0.4) is 0 Å². The molecule has 0 spiro atoms. The number of hydrogen-bond donors (Lipinski definition) is 2. The Morgan fingerprint density at radius 1 is 1.15 bits per heavy atom. The Morgan fingerprint density at radius 2 is 1.80 bits per heavy atom. The average Bonchev–Trinajstić information content (AvgIpc) is 2.46. The lowest BCUT2D eigenvalue weighted by molar-refractivity contribution is -0.134. The molecule has 0 bridgehead atoms. The molecule has 1 saturated carbocycles. The maximum atomic E-state index is 12.1. The van der Waals surface area contributed by atoms with Crippen LogP contribution in [0.1, 0.15) is 45.4 Å². The number of piperidine rings is 1. The standard InChI is InChI=1S/C15H26N2O3/c1-11(18)17-8-6-12(7-9-17)15(20)16-10-13-4-2-3-5-14(13)19/h12-14,19H,2-10H2,1H3,(H,16,20). The third kappa shape index (κ3) is 3.95.